The van der Waals surface area contributed by atoms with E-state index >= 15 is 0 Å². The van der Waals surface area contributed by atoms with Crippen molar-refractivity contribution in [1.29, 1.82) is 5.41 Å². The number of nitrogens with zero attached hydrogens (tertiary/aromatic N) is 3. The second kappa shape index (κ2) is 10.6. The predicted molar refractivity (Wildman–Crippen MR) is 140 cm³/mol. The van der Waals surface area contributed by atoms with Crippen LogP contribution in [-0.4, -0.2) is 49.9 Å². The fourth-order valence-electron chi connectivity index (χ4n) is 5.53. The Morgan fingerprint density at radius 3 is 2.59 bits per heavy atom. The number of rotatable bonds is 6. The number of piperidine rings is 1. The van der Waals surface area contributed by atoms with Crippen molar-refractivity contribution in [2.45, 2.75) is 64.5 Å². The summed E-state index contributed by atoms with van der Waals surface area (Å²) in [4.78, 5) is 32.1. The summed E-state index contributed by atoms with van der Waals surface area (Å²) in [6, 6.07) is 7.38. The van der Waals surface area contributed by atoms with Crippen LogP contribution in [0.4, 0.5) is 4.39 Å². The zero-order valence-electron chi connectivity index (χ0n) is 21.5. The van der Waals surface area contributed by atoms with Crippen LogP contribution in [0.5, 0.6) is 0 Å². The van der Waals surface area contributed by atoms with E-state index in [1.54, 1.807) is 23.1 Å². The van der Waals surface area contributed by atoms with E-state index in [1.165, 1.54) is 29.2 Å². The van der Waals surface area contributed by atoms with E-state index in [4.69, 9.17) is 11.1 Å². The molecule has 0 radical (unpaired) electrons. The highest BCUT2D eigenvalue weighted by Gasteiger charge is 2.49. The van der Waals surface area contributed by atoms with Crippen LogP contribution in [0, 0.1) is 22.6 Å². The first-order chi connectivity index (χ1) is 17.6. The summed E-state index contributed by atoms with van der Waals surface area (Å²) in [5.74, 6) is -0.707. The highest BCUT2D eigenvalue weighted by molar-refractivity contribution is 6.21. The number of amides is 1. The molecule has 1 atom stereocenters. The van der Waals surface area contributed by atoms with E-state index in [0.29, 0.717) is 5.71 Å². The van der Waals surface area contributed by atoms with Crippen molar-refractivity contribution in [3.63, 3.8) is 0 Å². The van der Waals surface area contributed by atoms with Crippen molar-refractivity contribution in [2.75, 3.05) is 13.1 Å². The lowest BCUT2D eigenvalue weighted by Gasteiger charge is -2.50. The minimum absolute atomic E-state index is 0.0110. The zero-order valence-corrected chi connectivity index (χ0v) is 21.5. The summed E-state index contributed by atoms with van der Waals surface area (Å²) in [7, 11) is 0. The van der Waals surface area contributed by atoms with Gasteiger partial charge in [-0.15, -0.1) is 0 Å². The largest absolute Gasteiger partial charge is 0.404 e. The number of aromatic nitrogens is 2. The van der Waals surface area contributed by atoms with Crippen LogP contribution in [-0.2, 0) is 11.3 Å². The molecule has 2 heterocycles. The zero-order chi connectivity index (χ0) is 26.8. The lowest BCUT2D eigenvalue weighted by molar-refractivity contribution is -0.150. The lowest BCUT2D eigenvalue weighted by atomic mass is 9.69. The van der Waals surface area contributed by atoms with Gasteiger partial charge in [0.05, 0.1) is 29.7 Å². The molecule has 1 saturated carbocycles. The number of hydrogen-bond acceptors (Lipinski definition) is 6. The third kappa shape index (κ3) is 5.37. The van der Waals surface area contributed by atoms with Crippen molar-refractivity contribution in [1.82, 2.24) is 14.5 Å². The first kappa shape index (κ1) is 26.7. The molecule has 1 saturated heterocycles. The van der Waals surface area contributed by atoms with E-state index in [-0.39, 0.29) is 54.7 Å². The Hall–Kier alpha value is -3.33. The molecule has 8 nitrogen and oxygen atoms in total. The molecule has 198 valence electrons. The van der Waals surface area contributed by atoms with E-state index in [0.717, 1.165) is 32.1 Å². The Kier molecular flexibility index (Phi) is 7.64. The summed E-state index contributed by atoms with van der Waals surface area (Å²) in [5.41, 5.74) is 4.37. The maximum Gasteiger partial charge on any atom is 0.257 e. The molecule has 0 spiro atoms. The van der Waals surface area contributed by atoms with Gasteiger partial charge >= 0.3 is 0 Å². The maximum atomic E-state index is 14.1. The van der Waals surface area contributed by atoms with E-state index < -0.39 is 22.4 Å². The fourth-order valence-corrected chi connectivity index (χ4v) is 5.53. The van der Waals surface area contributed by atoms with Crippen LogP contribution < -0.4 is 11.3 Å². The van der Waals surface area contributed by atoms with Gasteiger partial charge < -0.3 is 21.1 Å². The monoisotopic (exact) mass is 509 g/mol. The molecule has 1 aliphatic heterocycles. The Labute approximate surface area is 216 Å². The standard InChI is InChI=1S/C28H36FN5O3/c1-27(2)16-33(26(36)21(15-30)25(31)19-8-4-3-5-9-19)13-12-28(27,37)17-34-18-32-23(14-24(34)35)20-10-6-7-11-22(20)29/h6-7,10-11,14-15,18-19,31,37H,3-5,8-9,12-13,16-17,30H2,1-2H3/b21-15+,31-25?. The smallest absolute Gasteiger partial charge is 0.257 e. The average molecular weight is 510 g/mol. The molecule has 1 aliphatic carbocycles. The average Bonchev–Trinajstić information content (AvgIpc) is 2.88. The summed E-state index contributed by atoms with van der Waals surface area (Å²) in [6.45, 7) is 4.22. The van der Waals surface area contributed by atoms with Gasteiger partial charge in [0.25, 0.3) is 11.5 Å². The number of carbonyl (C=O) groups excluding carboxylic acids is 1. The van der Waals surface area contributed by atoms with Crippen LogP contribution in [0.2, 0.25) is 0 Å². The number of benzene rings is 1. The van der Waals surface area contributed by atoms with Gasteiger partial charge in [-0.3, -0.25) is 14.2 Å². The van der Waals surface area contributed by atoms with Crippen molar-refractivity contribution in [2.24, 2.45) is 17.1 Å². The van der Waals surface area contributed by atoms with Gasteiger partial charge in [-0.1, -0.05) is 45.2 Å². The van der Waals surface area contributed by atoms with Gasteiger partial charge in [-0.05, 0) is 31.4 Å². The number of likely N-dealkylation sites (tertiary alicyclic amines) is 1. The second-order valence-corrected chi connectivity index (χ2v) is 10.9. The molecule has 4 N–H and O–H groups in total. The molecule has 1 unspecified atom stereocenters. The Bertz CT molecular complexity index is 1260. The van der Waals surface area contributed by atoms with Crippen molar-refractivity contribution in [3.8, 4) is 11.3 Å². The Balaban J connectivity index is 1.48. The highest BCUT2D eigenvalue weighted by atomic mass is 19.1. The third-order valence-electron chi connectivity index (χ3n) is 8.09. The van der Waals surface area contributed by atoms with Gasteiger partial charge in [0.1, 0.15) is 5.82 Å². The molecule has 2 aliphatic rings. The Morgan fingerprint density at radius 2 is 1.97 bits per heavy atom. The van der Waals surface area contributed by atoms with Gasteiger partial charge in [0, 0.05) is 48.0 Å². The van der Waals surface area contributed by atoms with Gasteiger partial charge in [-0.25, -0.2) is 9.37 Å². The van der Waals surface area contributed by atoms with Crippen LogP contribution in [0.3, 0.4) is 0 Å². The van der Waals surface area contributed by atoms with E-state index in [1.807, 2.05) is 13.8 Å². The summed E-state index contributed by atoms with van der Waals surface area (Å²) >= 11 is 0. The van der Waals surface area contributed by atoms with Crippen LogP contribution in [0.1, 0.15) is 52.4 Å². The number of hydrogen-bond donors (Lipinski definition) is 3. The molecular formula is C28H36FN5O3. The number of carbonyl (C=O) groups is 1. The molecular weight excluding hydrogens is 473 g/mol. The molecule has 1 aromatic carbocycles. The molecule has 1 aromatic heterocycles. The lowest BCUT2D eigenvalue weighted by Crippen LogP contribution is -2.61. The van der Waals surface area contributed by atoms with Crippen molar-refractivity contribution in [3.05, 3.63) is 64.6 Å². The normalized spacial score (nSPS) is 22.6. The van der Waals surface area contributed by atoms with Gasteiger partial charge in [-0.2, -0.15) is 0 Å². The van der Waals surface area contributed by atoms with E-state index in [9.17, 15) is 19.1 Å². The summed E-state index contributed by atoms with van der Waals surface area (Å²) in [5, 5.41) is 20.3. The van der Waals surface area contributed by atoms with Crippen LogP contribution >= 0.6 is 0 Å². The second-order valence-electron chi connectivity index (χ2n) is 10.9. The predicted octanol–water partition coefficient (Wildman–Crippen LogP) is 3.48. The first-order valence-corrected chi connectivity index (χ1v) is 12.9. The van der Waals surface area contributed by atoms with Crippen molar-refractivity contribution >= 4 is 11.6 Å². The molecule has 2 fully saturated rings. The molecule has 4 rings (SSSR count). The summed E-state index contributed by atoms with van der Waals surface area (Å²) in [6.07, 6.45) is 7.87. The van der Waals surface area contributed by atoms with Gasteiger partial charge in [0.2, 0.25) is 0 Å². The van der Waals surface area contributed by atoms with E-state index in [2.05, 4.69) is 4.98 Å². The third-order valence-corrected chi connectivity index (χ3v) is 8.09. The quantitative estimate of drug-likeness (QED) is 0.406. The molecule has 9 heteroatoms. The van der Waals surface area contributed by atoms with Gasteiger partial charge in [0.15, 0.2) is 0 Å². The number of aliphatic hydroxyl groups is 1. The molecule has 37 heavy (non-hydrogen) atoms. The maximum absolute atomic E-state index is 14.1. The van der Waals surface area contributed by atoms with Crippen LogP contribution in [0.25, 0.3) is 11.3 Å². The first-order valence-electron chi connectivity index (χ1n) is 12.9. The fraction of sp³-hybridized carbons (Fsp3) is 0.500. The topological polar surface area (TPSA) is 125 Å². The van der Waals surface area contributed by atoms with Crippen LogP contribution in [0.15, 0.2) is 53.2 Å². The highest BCUT2D eigenvalue weighted by Crippen LogP contribution is 2.40. The Morgan fingerprint density at radius 1 is 1.27 bits per heavy atom. The number of halogens is 1. The molecule has 2 aromatic rings. The minimum atomic E-state index is -1.29. The molecule has 0 bridgehead atoms. The summed E-state index contributed by atoms with van der Waals surface area (Å²) < 4.78 is 15.5. The number of nitrogens with one attached hydrogen (secondary N) is 1. The minimum Gasteiger partial charge on any atom is -0.404 e. The SMILES string of the molecule is CC1(C)CN(C(=O)/C(=C/N)C(=N)C2CCCCC2)CCC1(O)Cn1cnc(-c2ccccc2F)cc1=O. The number of nitrogens with two attached hydrogens (primary N) is 1. The molecule has 1 amide bonds. The van der Waals surface area contributed by atoms with Crippen molar-refractivity contribution < 1.29 is 14.3 Å².